The summed E-state index contributed by atoms with van der Waals surface area (Å²) in [6.07, 6.45) is 4.89. The first-order valence-corrected chi connectivity index (χ1v) is 9.56. The Labute approximate surface area is 158 Å². The van der Waals surface area contributed by atoms with Gasteiger partial charge in [0.2, 0.25) is 0 Å². The van der Waals surface area contributed by atoms with Crippen molar-refractivity contribution in [3.63, 3.8) is 0 Å². The highest BCUT2D eigenvalue weighted by atomic mass is 32.2. The Hall–Kier alpha value is -2.31. The van der Waals surface area contributed by atoms with Gasteiger partial charge in [0.05, 0.1) is 5.69 Å². The van der Waals surface area contributed by atoms with Gasteiger partial charge in [-0.3, -0.25) is 4.79 Å². The van der Waals surface area contributed by atoms with Crippen LogP contribution < -0.4 is 0 Å². The number of thioether (sulfide) groups is 1. The van der Waals surface area contributed by atoms with Gasteiger partial charge in [-0.15, -0.1) is 11.8 Å². The molecule has 0 N–H and O–H groups in total. The average molecular weight is 369 g/mol. The van der Waals surface area contributed by atoms with Crippen LogP contribution in [0.5, 0.6) is 0 Å². The van der Waals surface area contributed by atoms with Gasteiger partial charge in [0, 0.05) is 55.9 Å². The highest BCUT2D eigenvalue weighted by molar-refractivity contribution is 7.98. The number of hydrogen-bond donors (Lipinski definition) is 0. The molecular weight excluding hydrogens is 346 g/mol. The molecule has 136 valence electrons. The Morgan fingerprint density at radius 2 is 2.04 bits per heavy atom. The Morgan fingerprint density at radius 1 is 1.23 bits per heavy atom. The van der Waals surface area contributed by atoms with E-state index in [1.807, 2.05) is 60.1 Å². The number of nitrogens with zero attached hydrogens (tertiary/aromatic N) is 3. The van der Waals surface area contributed by atoms with E-state index in [2.05, 4.69) is 11.2 Å². The summed E-state index contributed by atoms with van der Waals surface area (Å²) in [6, 6.07) is 13.8. The monoisotopic (exact) mass is 369 g/mol. The van der Waals surface area contributed by atoms with Crippen LogP contribution in [0, 0.1) is 0 Å². The summed E-state index contributed by atoms with van der Waals surface area (Å²) >= 11 is 1.72. The maximum atomic E-state index is 12.4. The van der Waals surface area contributed by atoms with Gasteiger partial charge in [-0.05, 0) is 42.8 Å². The third-order valence-corrected chi connectivity index (χ3v) is 5.14. The molecule has 0 bridgehead atoms. The number of methoxy groups -OCH3 is 1. The van der Waals surface area contributed by atoms with Gasteiger partial charge >= 0.3 is 0 Å². The van der Waals surface area contributed by atoms with Crippen LogP contribution in [-0.2, 0) is 10.5 Å². The molecule has 0 radical (unpaired) electrons. The van der Waals surface area contributed by atoms with E-state index < -0.39 is 0 Å². The van der Waals surface area contributed by atoms with Gasteiger partial charge in [0.1, 0.15) is 5.65 Å². The minimum atomic E-state index is 0.0398. The lowest BCUT2D eigenvalue weighted by Crippen LogP contribution is -2.28. The number of amides is 1. The number of carbonyl (C=O) groups is 1. The number of fused-ring (bicyclic) bond motifs is 1. The van der Waals surface area contributed by atoms with Crippen molar-refractivity contribution in [3.8, 4) is 0 Å². The number of hydrogen-bond acceptors (Lipinski definition) is 4. The van der Waals surface area contributed by atoms with Gasteiger partial charge in [-0.1, -0.05) is 6.07 Å². The van der Waals surface area contributed by atoms with Crippen molar-refractivity contribution in [3.05, 3.63) is 66.1 Å². The number of carbonyl (C=O) groups excluding carboxylic acids is 1. The molecular formula is C20H23N3O2S. The Kier molecular flexibility index (Phi) is 6.30. The maximum absolute atomic E-state index is 12.4. The molecule has 0 saturated carbocycles. The number of imidazole rings is 1. The second kappa shape index (κ2) is 8.87. The molecule has 0 saturated heterocycles. The molecule has 5 nitrogen and oxygen atoms in total. The van der Waals surface area contributed by atoms with Crippen molar-refractivity contribution >= 4 is 23.3 Å². The van der Waals surface area contributed by atoms with Crippen molar-refractivity contribution in [1.82, 2.24) is 14.3 Å². The van der Waals surface area contributed by atoms with Gasteiger partial charge in [-0.2, -0.15) is 0 Å². The van der Waals surface area contributed by atoms with E-state index in [9.17, 15) is 4.79 Å². The molecule has 1 amide bonds. The Bertz CT molecular complexity index is 828. The molecule has 0 fully saturated rings. The molecule has 0 atom stereocenters. The lowest BCUT2D eigenvalue weighted by Gasteiger charge is -2.17. The maximum Gasteiger partial charge on any atom is 0.253 e. The van der Waals surface area contributed by atoms with Crippen LogP contribution in [0.3, 0.4) is 0 Å². The van der Waals surface area contributed by atoms with Crippen LogP contribution in [0.2, 0.25) is 0 Å². The van der Waals surface area contributed by atoms with Gasteiger partial charge < -0.3 is 14.0 Å². The van der Waals surface area contributed by atoms with Gasteiger partial charge in [0.15, 0.2) is 0 Å². The molecule has 2 heterocycles. The third kappa shape index (κ3) is 4.65. The fourth-order valence-electron chi connectivity index (χ4n) is 2.68. The van der Waals surface area contributed by atoms with Crippen LogP contribution in [-0.4, -0.2) is 47.5 Å². The number of aromatic nitrogens is 2. The number of benzene rings is 1. The summed E-state index contributed by atoms with van der Waals surface area (Å²) in [5, 5.41) is 0. The summed E-state index contributed by atoms with van der Waals surface area (Å²) in [5.74, 6) is 0.837. The van der Waals surface area contributed by atoms with Crippen LogP contribution in [0.25, 0.3) is 5.65 Å². The van der Waals surface area contributed by atoms with Crippen LogP contribution in [0.15, 0.2) is 59.8 Å². The molecule has 0 unspecified atom stereocenters. The van der Waals surface area contributed by atoms with Gasteiger partial charge in [0.25, 0.3) is 5.91 Å². The smallest absolute Gasteiger partial charge is 0.253 e. The fraction of sp³-hybridized carbons (Fsp3) is 0.300. The first-order chi connectivity index (χ1) is 12.7. The Morgan fingerprint density at radius 3 is 2.77 bits per heavy atom. The van der Waals surface area contributed by atoms with Gasteiger partial charge in [-0.25, -0.2) is 4.98 Å². The SMILES string of the molecule is COCCCN(C)C(=O)c1ccc(SCc2cn3ccccc3n2)cc1. The molecule has 1 aromatic carbocycles. The topological polar surface area (TPSA) is 46.8 Å². The van der Waals surface area contributed by atoms with Crippen molar-refractivity contribution in [1.29, 1.82) is 0 Å². The van der Waals surface area contributed by atoms with E-state index in [0.29, 0.717) is 18.7 Å². The fourth-order valence-corrected chi connectivity index (χ4v) is 3.46. The summed E-state index contributed by atoms with van der Waals surface area (Å²) in [6.45, 7) is 1.35. The highest BCUT2D eigenvalue weighted by Gasteiger charge is 2.11. The predicted molar refractivity (Wildman–Crippen MR) is 105 cm³/mol. The zero-order chi connectivity index (χ0) is 18.4. The molecule has 3 rings (SSSR count). The summed E-state index contributed by atoms with van der Waals surface area (Å²) in [5.41, 5.74) is 2.71. The van der Waals surface area contributed by atoms with Crippen LogP contribution >= 0.6 is 11.8 Å². The predicted octanol–water partition coefficient (Wildman–Crippen LogP) is 3.74. The zero-order valence-corrected chi connectivity index (χ0v) is 15.9. The van der Waals surface area contributed by atoms with Crippen molar-refractivity contribution < 1.29 is 9.53 Å². The first-order valence-electron chi connectivity index (χ1n) is 8.57. The Balaban J connectivity index is 1.56. The zero-order valence-electron chi connectivity index (χ0n) is 15.1. The van der Waals surface area contributed by atoms with E-state index in [4.69, 9.17) is 4.74 Å². The number of ether oxygens (including phenoxy) is 1. The second-order valence-corrected chi connectivity index (χ2v) is 7.13. The molecule has 3 aromatic rings. The third-order valence-electron chi connectivity index (χ3n) is 4.09. The first kappa shape index (κ1) is 18.5. The number of pyridine rings is 1. The normalized spacial score (nSPS) is 11.0. The van der Waals surface area contributed by atoms with E-state index in [1.54, 1.807) is 23.8 Å². The summed E-state index contributed by atoms with van der Waals surface area (Å²) < 4.78 is 7.05. The van der Waals surface area contributed by atoms with E-state index >= 15 is 0 Å². The quantitative estimate of drug-likeness (QED) is 0.448. The summed E-state index contributed by atoms with van der Waals surface area (Å²) in [7, 11) is 3.49. The molecule has 6 heteroatoms. The lowest BCUT2D eigenvalue weighted by atomic mass is 10.2. The number of rotatable bonds is 8. The summed E-state index contributed by atoms with van der Waals surface area (Å²) in [4.78, 5) is 19.9. The van der Waals surface area contributed by atoms with E-state index in [0.717, 1.165) is 28.4 Å². The average Bonchev–Trinajstić information content (AvgIpc) is 3.09. The van der Waals surface area contributed by atoms with Crippen LogP contribution in [0.4, 0.5) is 0 Å². The second-order valence-electron chi connectivity index (χ2n) is 6.08. The van der Waals surface area contributed by atoms with E-state index in [1.165, 1.54) is 0 Å². The van der Waals surface area contributed by atoms with Crippen molar-refractivity contribution in [2.45, 2.75) is 17.1 Å². The van der Waals surface area contributed by atoms with Crippen LogP contribution in [0.1, 0.15) is 22.5 Å². The molecule has 0 spiro atoms. The van der Waals surface area contributed by atoms with Crippen molar-refractivity contribution in [2.24, 2.45) is 0 Å². The molecule has 0 aliphatic heterocycles. The minimum Gasteiger partial charge on any atom is -0.385 e. The van der Waals surface area contributed by atoms with E-state index in [-0.39, 0.29) is 5.91 Å². The molecule has 0 aliphatic rings. The standard InChI is InChI=1S/C20H23N3O2S/c1-22(11-5-13-25-2)20(24)16-7-9-18(10-8-16)26-15-17-14-23-12-4-3-6-19(23)21-17/h3-4,6-10,12,14H,5,11,13,15H2,1-2H3. The minimum absolute atomic E-state index is 0.0398. The molecule has 26 heavy (non-hydrogen) atoms. The molecule has 2 aromatic heterocycles. The highest BCUT2D eigenvalue weighted by Crippen LogP contribution is 2.23. The lowest BCUT2D eigenvalue weighted by molar-refractivity contribution is 0.0779. The van der Waals surface area contributed by atoms with Crippen molar-refractivity contribution in [2.75, 3.05) is 27.3 Å². The molecule has 0 aliphatic carbocycles. The largest absolute Gasteiger partial charge is 0.385 e.